The van der Waals surface area contributed by atoms with Crippen LogP contribution < -0.4 is 10.1 Å². The molecule has 2 heterocycles. The molecule has 3 N–H and O–H groups in total. The molecule has 136 valence electrons. The second-order valence-electron chi connectivity index (χ2n) is 6.34. The van der Waals surface area contributed by atoms with E-state index in [1.54, 1.807) is 6.92 Å². The molecular weight excluding hydrogens is 337 g/mol. The summed E-state index contributed by atoms with van der Waals surface area (Å²) in [5, 5.41) is 21.0. The van der Waals surface area contributed by atoms with Crippen molar-refractivity contribution in [2.24, 2.45) is 0 Å². The van der Waals surface area contributed by atoms with E-state index in [9.17, 15) is 9.50 Å². The van der Waals surface area contributed by atoms with Gasteiger partial charge in [-0.1, -0.05) is 0 Å². The first-order valence-corrected chi connectivity index (χ1v) is 8.59. The molecular formula is C19H20FN3O3. The van der Waals surface area contributed by atoms with E-state index in [-0.39, 0.29) is 5.82 Å². The van der Waals surface area contributed by atoms with Crippen LogP contribution in [0.3, 0.4) is 0 Å². The van der Waals surface area contributed by atoms with E-state index in [1.807, 2.05) is 24.3 Å². The normalized spacial score (nSPS) is 21.2. The molecule has 2 atom stereocenters. The summed E-state index contributed by atoms with van der Waals surface area (Å²) in [6.45, 7) is 2.79. The third-order valence-electron chi connectivity index (χ3n) is 4.44. The molecule has 0 spiro atoms. The molecule has 1 aliphatic heterocycles. The number of hydrogen-bond acceptors (Lipinski definition) is 5. The summed E-state index contributed by atoms with van der Waals surface area (Å²) in [5.41, 5.74) is 2.76. The fourth-order valence-electron chi connectivity index (χ4n) is 3.09. The number of aliphatic hydroxyl groups excluding tert-OH is 1. The fourth-order valence-corrected chi connectivity index (χ4v) is 3.09. The Kier molecular flexibility index (Phi) is 4.58. The van der Waals surface area contributed by atoms with Crippen LogP contribution in [0.15, 0.2) is 36.4 Å². The Bertz CT molecular complexity index is 928. The van der Waals surface area contributed by atoms with Crippen LogP contribution in [0.25, 0.3) is 22.2 Å². The molecule has 0 fully saturated rings. The SMILES string of the molecule is CC1OC(O)NCCCOc2ccc3[nH]nc(c3c2)-c2cc(F)cc1c2. The Morgan fingerprint density at radius 3 is 3.00 bits per heavy atom. The highest BCUT2D eigenvalue weighted by atomic mass is 19.1. The van der Waals surface area contributed by atoms with Gasteiger partial charge in [-0.25, -0.2) is 4.39 Å². The van der Waals surface area contributed by atoms with Gasteiger partial charge in [0, 0.05) is 17.5 Å². The molecule has 4 bridgehead atoms. The number of hydrogen-bond donors (Lipinski definition) is 3. The Morgan fingerprint density at radius 1 is 1.23 bits per heavy atom. The number of halogens is 1. The maximum absolute atomic E-state index is 14.2. The van der Waals surface area contributed by atoms with E-state index >= 15 is 0 Å². The molecule has 4 rings (SSSR count). The second kappa shape index (κ2) is 7.03. The van der Waals surface area contributed by atoms with E-state index in [0.717, 1.165) is 16.7 Å². The van der Waals surface area contributed by atoms with Crippen LogP contribution >= 0.6 is 0 Å². The molecule has 0 saturated heterocycles. The number of rotatable bonds is 0. The molecule has 7 heteroatoms. The van der Waals surface area contributed by atoms with Gasteiger partial charge < -0.3 is 14.6 Å². The van der Waals surface area contributed by atoms with Crippen LogP contribution in [-0.2, 0) is 4.74 Å². The predicted octanol–water partition coefficient (Wildman–Crippen LogP) is 3.09. The Hall–Kier alpha value is -2.48. The number of ether oxygens (including phenoxy) is 2. The van der Waals surface area contributed by atoms with E-state index in [4.69, 9.17) is 9.47 Å². The molecule has 3 aromatic rings. The molecule has 0 radical (unpaired) electrons. The van der Waals surface area contributed by atoms with Crippen LogP contribution in [0.1, 0.15) is 25.0 Å². The van der Waals surface area contributed by atoms with Crippen molar-refractivity contribution in [1.82, 2.24) is 15.5 Å². The van der Waals surface area contributed by atoms with Gasteiger partial charge in [0.05, 0.1) is 18.2 Å². The summed E-state index contributed by atoms with van der Waals surface area (Å²) in [6, 6.07) is 10.3. The molecule has 26 heavy (non-hydrogen) atoms. The molecule has 0 saturated carbocycles. The van der Waals surface area contributed by atoms with Gasteiger partial charge in [0.2, 0.25) is 6.41 Å². The van der Waals surface area contributed by atoms with Crippen LogP contribution in [-0.4, -0.2) is 34.9 Å². The smallest absolute Gasteiger partial charge is 0.214 e. The van der Waals surface area contributed by atoms with Crippen molar-refractivity contribution in [3.8, 4) is 17.0 Å². The summed E-state index contributed by atoms with van der Waals surface area (Å²) in [5.74, 6) is 0.333. The van der Waals surface area contributed by atoms with Crippen molar-refractivity contribution in [2.75, 3.05) is 13.2 Å². The lowest BCUT2D eigenvalue weighted by Gasteiger charge is -2.20. The van der Waals surface area contributed by atoms with E-state index in [1.165, 1.54) is 12.1 Å². The molecule has 1 aromatic heterocycles. The summed E-state index contributed by atoms with van der Waals surface area (Å²) < 4.78 is 25.5. The van der Waals surface area contributed by atoms with Gasteiger partial charge in [0.1, 0.15) is 17.3 Å². The maximum atomic E-state index is 14.2. The quantitative estimate of drug-likeness (QED) is 0.576. The topological polar surface area (TPSA) is 79.4 Å². The van der Waals surface area contributed by atoms with Crippen molar-refractivity contribution in [1.29, 1.82) is 0 Å². The predicted molar refractivity (Wildman–Crippen MR) is 95.1 cm³/mol. The largest absolute Gasteiger partial charge is 0.494 e. The number of H-pyrrole nitrogens is 1. The maximum Gasteiger partial charge on any atom is 0.214 e. The third-order valence-corrected chi connectivity index (χ3v) is 4.44. The lowest BCUT2D eigenvalue weighted by Crippen LogP contribution is -2.33. The number of benzene rings is 2. The highest BCUT2D eigenvalue weighted by Gasteiger charge is 2.17. The summed E-state index contributed by atoms with van der Waals surface area (Å²) >= 11 is 0. The van der Waals surface area contributed by atoms with Crippen molar-refractivity contribution in [2.45, 2.75) is 25.9 Å². The number of nitrogens with one attached hydrogen (secondary N) is 2. The zero-order chi connectivity index (χ0) is 18.1. The van der Waals surface area contributed by atoms with E-state index in [2.05, 4.69) is 15.5 Å². The van der Waals surface area contributed by atoms with Crippen molar-refractivity contribution in [3.05, 3.63) is 47.8 Å². The molecule has 2 unspecified atom stereocenters. The highest BCUT2D eigenvalue weighted by molar-refractivity contribution is 5.93. The molecule has 0 aliphatic carbocycles. The summed E-state index contributed by atoms with van der Waals surface area (Å²) in [7, 11) is 0. The average molecular weight is 357 g/mol. The van der Waals surface area contributed by atoms with E-state index in [0.29, 0.717) is 36.4 Å². The molecule has 2 aromatic carbocycles. The number of aliphatic hydroxyl groups is 1. The summed E-state index contributed by atoms with van der Waals surface area (Å²) in [4.78, 5) is 0. The van der Waals surface area contributed by atoms with Crippen molar-refractivity contribution in [3.63, 3.8) is 0 Å². The standard InChI is InChI=1S/C19H20FN3O3/c1-11-12-7-13(9-14(20)8-12)18-16-10-15(3-4-17(16)22-23-18)25-6-2-5-21-19(24)26-11/h3-4,7-11,19,21,24H,2,5-6H2,1H3,(H,22,23). The fraction of sp³-hybridized carbons (Fsp3) is 0.316. The molecule has 1 aliphatic rings. The van der Waals surface area contributed by atoms with Gasteiger partial charge in [0.25, 0.3) is 0 Å². The minimum absolute atomic E-state index is 0.386. The first-order valence-electron chi connectivity index (χ1n) is 8.59. The third kappa shape index (κ3) is 3.41. The second-order valence-corrected chi connectivity index (χ2v) is 6.34. The summed E-state index contributed by atoms with van der Waals surface area (Å²) in [6.07, 6.45) is -0.929. The molecule has 0 amide bonds. The first-order chi connectivity index (χ1) is 12.6. The monoisotopic (exact) mass is 357 g/mol. The lowest BCUT2D eigenvalue weighted by molar-refractivity contribution is -0.151. The Morgan fingerprint density at radius 2 is 2.12 bits per heavy atom. The highest BCUT2D eigenvalue weighted by Crippen LogP contribution is 2.32. The average Bonchev–Trinajstić information content (AvgIpc) is 3.03. The van der Waals surface area contributed by atoms with Crippen molar-refractivity contribution < 1.29 is 19.0 Å². The van der Waals surface area contributed by atoms with Crippen molar-refractivity contribution >= 4 is 10.9 Å². The van der Waals surface area contributed by atoms with Crippen LogP contribution in [0.2, 0.25) is 0 Å². The zero-order valence-corrected chi connectivity index (χ0v) is 14.3. The Balaban J connectivity index is 1.83. The van der Waals surface area contributed by atoms with Crippen LogP contribution in [0.4, 0.5) is 4.39 Å². The Labute approximate surface area is 149 Å². The van der Waals surface area contributed by atoms with Gasteiger partial charge in [-0.2, -0.15) is 5.10 Å². The van der Waals surface area contributed by atoms with Crippen LogP contribution in [0.5, 0.6) is 5.75 Å². The number of aromatic nitrogens is 2. The number of fused-ring (bicyclic) bond motifs is 4. The lowest BCUT2D eigenvalue weighted by atomic mass is 10.0. The van der Waals surface area contributed by atoms with Gasteiger partial charge in [-0.05, 0) is 55.3 Å². The minimum Gasteiger partial charge on any atom is -0.494 e. The molecule has 6 nitrogen and oxygen atoms in total. The van der Waals surface area contributed by atoms with Gasteiger partial charge >= 0.3 is 0 Å². The minimum atomic E-state index is -1.14. The van der Waals surface area contributed by atoms with Crippen LogP contribution in [0, 0.1) is 5.82 Å². The van der Waals surface area contributed by atoms with Gasteiger partial charge in [-0.3, -0.25) is 10.4 Å². The number of nitrogens with zero attached hydrogens (tertiary/aromatic N) is 1. The first kappa shape index (κ1) is 17.0. The zero-order valence-electron chi connectivity index (χ0n) is 14.3. The number of aromatic amines is 1. The van der Waals surface area contributed by atoms with Gasteiger partial charge in [-0.15, -0.1) is 0 Å². The van der Waals surface area contributed by atoms with Gasteiger partial charge in [0.15, 0.2) is 0 Å². The van der Waals surface area contributed by atoms with E-state index < -0.39 is 12.5 Å².